The number of fused-ring (bicyclic) bond motifs is 17. The zero-order valence-electron chi connectivity index (χ0n) is 77.3. The first-order valence-electron chi connectivity index (χ1n) is 47.1. The van der Waals surface area contributed by atoms with Crippen LogP contribution in [0.4, 0.5) is 0 Å². The molecule has 3 heterocycles. The largest absolute Gasteiger partial charge is 0.456 e. The van der Waals surface area contributed by atoms with Crippen molar-refractivity contribution in [3.05, 3.63) is 461 Å². The molecule has 3 aromatic heterocycles. The summed E-state index contributed by atoms with van der Waals surface area (Å²) in [5, 5.41) is 23.1. The second kappa shape index (κ2) is 30.4. The molecule has 0 atom stereocenters. The average Bonchev–Trinajstić information content (AvgIpc) is 1.11. The fraction of sp³-hybridized carbons (Fsp3) is 0. The SMILES string of the molecule is [2H]c1c([2H])c([2H])c(-c2c3ccccc3c(-c3cccc4c(-c5ccc6c(c5)oc5ccccc56)cccc34)c3ccccc23)c([2H])c1[2H].[2H]c1c([2H])c([2H])c(-c2c3ccccc3c(-c3cccc4c(-c5cccc6c5oc5ccccc56)cccc34)c3ccccc23)c([2H])c1[2H].c1ccc(-c2c3ccccc3c(-c3cccc(-c4cccc5c4oc4ccccc45)c3)c3ccccc23)cc1. The Kier molecular flexibility index (Phi) is 15.2. The van der Waals surface area contributed by atoms with Gasteiger partial charge in [0.15, 0.2) is 0 Å². The minimum Gasteiger partial charge on any atom is -0.456 e. The van der Waals surface area contributed by atoms with Crippen molar-refractivity contribution >= 4 is 152 Å². The number of rotatable bonds is 9. The molecule has 125 heavy (non-hydrogen) atoms. The Morgan fingerprint density at radius 2 is 0.408 bits per heavy atom. The van der Waals surface area contributed by atoms with E-state index >= 15 is 0 Å². The highest BCUT2D eigenvalue weighted by molar-refractivity contribution is 6.28. The maximum Gasteiger partial charge on any atom is 0.143 e. The summed E-state index contributed by atoms with van der Waals surface area (Å²) in [6.45, 7) is 0. The van der Waals surface area contributed by atoms with E-state index in [0.29, 0.717) is 11.1 Å². The number of hydrogen-bond acceptors (Lipinski definition) is 3. The summed E-state index contributed by atoms with van der Waals surface area (Å²) in [6.07, 6.45) is 0. The monoisotopic (exact) mass is 1600 g/mol. The predicted molar refractivity (Wildman–Crippen MR) is 530 cm³/mol. The second-order valence-electron chi connectivity index (χ2n) is 31.8. The van der Waals surface area contributed by atoms with Gasteiger partial charge in [0.2, 0.25) is 0 Å². The molecule has 0 radical (unpaired) electrons. The minimum atomic E-state index is -0.399. The van der Waals surface area contributed by atoms with E-state index in [1.807, 2.05) is 121 Å². The molecular formula is C122H76O3. The lowest BCUT2D eigenvalue weighted by Gasteiger charge is -2.19. The molecule has 0 bridgehead atoms. The normalized spacial score (nSPS) is 12.8. The van der Waals surface area contributed by atoms with Crippen molar-refractivity contribution in [3.8, 4) is 100 Å². The lowest BCUT2D eigenvalue weighted by atomic mass is 9.84. The molecule has 26 aromatic rings. The van der Waals surface area contributed by atoms with E-state index < -0.39 is 12.1 Å². The lowest BCUT2D eigenvalue weighted by molar-refractivity contribution is 0.669. The van der Waals surface area contributed by atoms with Crippen molar-refractivity contribution in [1.82, 2.24) is 0 Å². The standard InChI is InChI=1S/2C42H26O.C38H24O/c1-2-13-27(14-3-1)40-33-16-4-6-18-35(33)41(36-19-7-5-17-34(36)40)32-23-11-20-28-29(32)21-10-22-30(28)37-24-12-25-38-31-15-8-9-26-39(31)43-42(37)38;1-2-12-27(13-3-1)41-35-15-4-6-17-37(35)42(38-18-7-5-16-36(38)41)34-22-11-20-30-29(19-10-21-31(30)34)28-24-25-33-32-14-8-9-23-39(32)43-40(33)26-28;1-2-12-25(13-3-1)36-30-17-4-6-19-32(30)37(33-20-7-5-18-31(33)36)27-15-10-14-26(24-27)28-21-11-22-34-29-16-8-9-23-35(29)39-38(28)34/h2*1-26H;1-24H/i1D,2D,3D,13D,14D;1D,2D,3D,12D,13D;. The summed E-state index contributed by atoms with van der Waals surface area (Å²) in [5.41, 5.74) is 22.7. The van der Waals surface area contributed by atoms with E-state index in [-0.39, 0.29) is 59.5 Å². The van der Waals surface area contributed by atoms with Crippen LogP contribution >= 0.6 is 0 Å². The molecule has 0 amide bonds. The molecule has 582 valence electrons. The van der Waals surface area contributed by atoms with Crippen molar-refractivity contribution in [2.75, 3.05) is 0 Å². The highest BCUT2D eigenvalue weighted by Gasteiger charge is 2.25. The second-order valence-corrected chi connectivity index (χ2v) is 31.8. The Bertz CT molecular complexity index is 9250. The zero-order valence-corrected chi connectivity index (χ0v) is 67.3. The first-order chi connectivity index (χ1) is 66.2. The summed E-state index contributed by atoms with van der Waals surface area (Å²) in [4.78, 5) is 0. The lowest BCUT2D eigenvalue weighted by Crippen LogP contribution is -1.92. The Balaban J connectivity index is 0.000000112. The van der Waals surface area contributed by atoms with Crippen LogP contribution in [0.15, 0.2) is 474 Å². The number of para-hydroxylation sites is 5. The zero-order chi connectivity index (χ0) is 91.1. The van der Waals surface area contributed by atoms with Crippen LogP contribution in [0.3, 0.4) is 0 Å². The molecule has 0 aliphatic heterocycles. The number of hydrogen-bond donors (Lipinski definition) is 0. The van der Waals surface area contributed by atoms with Gasteiger partial charge in [0, 0.05) is 43.4 Å². The van der Waals surface area contributed by atoms with Crippen LogP contribution in [-0.4, -0.2) is 0 Å². The van der Waals surface area contributed by atoms with Crippen molar-refractivity contribution in [2.45, 2.75) is 0 Å². The minimum absolute atomic E-state index is 0.207. The first kappa shape index (κ1) is 62.7. The van der Waals surface area contributed by atoms with E-state index in [0.717, 1.165) is 186 Å². The highest BCUT2D eigenvalue weighted by atomic mass is 16.3. The van der Waals surface area contributed by atoms with Crippen LogP contribution in [0.2, 0.25) is 0 Å². The van der Waals surface area contributed by atoms with Gasteiger partial charge in [0.25, 0.3) is 0 Å². The Morgan fingerprint density at radius 1 is 0.136 bits per heavy atom. The molecule has 0 aliphatic carbocycles. The molecule has 0 N–H and O–H groups in total. The summed E-state index contributed by atoms with van der Waals surface area (Å²) >= 11 is 0. The van der Waals surface area contributed by atoms with E-state index in [9.17, 15) is 0 Å². The fourth-order valence-electron chi connectivity index (χ4n) is 19.7. The molecule has 0 unspecified atom stereocenters. The highest BCUT2D eigenvalue weighted by Crippen LogP contribution is 2.52. The molecule has 0 fully saturated rings. The van der Waals surface area contributed by atoms with Gasteiger partial charge in [-0.1, -0.05) is 424 Å². The van der Waals surface area contributed by atoms with Crippen molar-refractivity contribution in [3.63, 3.8) is 0 Å². The topological polar surface area (TPSA) is 39.4 Å². The van der Waals surface area contributed by atoms with Gasteiger partial charge in [0.05, 0.1) is 13.7 Å². The van der Waals surface area contributed by atoms with Crippen LogP contribution in [0.1, 0.15) is 13.7 Å². The smallest absolute Gasteiger partial charge is 0.143 e. The Labute approximate surface area is 735 Å². The summed E-state index contributed by atoms with van der Waals surface area (Å²) in [5.74, 6) is 0. The summed E-state index contributed by atoms with van der Waals surface area (Å²) in [6, 6.07) is 135. The van der Waals surface area contributed by atoms with Crippen LogP contribution < -0.4 is 0 Å². The third kappa shape index (κ3) is 12.2. The van der Waals surface area contributed by atoms with E-state index in [1.54, 1.807) is 0 Å². The fourth-order valence-corrected chi connectivity index (χ4v) is 19.7. The Hall–Kier alpha value is -16.5. The molecule has 0 saturated heterocycles. The Morgan fingerprint density at radius 3 is 0.856 bits per heavy atom. The van der Waals surface area contributed by atoms with Gasteiger partial charge in [-0.15, -0.1) is 0 Å². The molecule has 0 aliphatic rings. The van der Waals surface area contributed by atoms with Crippen LogP contribution in [0, 0.1) is 0 Å². The number of furan rings is 3. The third-order valence-electron chi connectivity index (χ3n) is 25.0. The van der Waals surface area contributed by atoms with Gasteiger partial charge in [-0.25, -0.2) is 0 Å². The summed E-state index contributed by atoms with van der Waals surface area (Å²) in [7, 11) is 0. The molecule has 3 nitrogen and oxygen atoms in total. The van der Waals surface area contributed by atoms with Gasteiger partial charge in [0.1, 0.15) is 33.5 Å². The first-order valence-corrected chi connectivity index (χ1v) is 42.1. The van der Waals surface area contributed by atoms with Crippen LogP contribution in [0.25, 0.3) is 252 Å². The van der Waals surface area contributed by atoms with E-state index in [4.69, 9.17) is 27.0 Å². The average molecular weight is 1600 g/mol. The summed E-state index contributed by atoms with van der Waals surface area (Å²) < 4.78 is 105. The molecule has 0 saturated carbocycles. The van der Waals surface area contributed by atoms with Crippen molar-refractivity contribution < 1.29 is 27.0 Å². The van der Waals surface area contributed by atoms with E-state index in [2.05, 4.69) is 279 Å². The number of benzene rings is 23. The van der Waals surface area contributed by atoms with Gasteiger partial charge in [-0.05, 0) is 212 Å². The molecule has 3 heteroatoms. The predicted octanol–water partition coefficient (Wildman–Crippen LogP) is 35.0. The van der Waals surface area contributed by atoms with E-state index in [1.165, 1.54) is 43.8 Å². The van der Waals surface area contributed by atoms with Crippen molar-refractivity contribution in [1.29, 1.82) is 0 Å². The van der Waals surface area contributed by atoms with Crippen LogP contribution in [-0.2, 0) is 0 Å². The van der Waals surface area contributed by atoms with Gasteiger partial charge in [-0.3, -0.25) is 0 Å². The van der Waals surface area contributed by atoms with Crippen LogP contribution in [0.5, 0.6) is 0 Å². The van der Waals surface area contributed by atoms with Gasteiger partial charge < -0.3 is 13.3 Å². The molecule has 0 spiro atoms. The third-order valence-corrected chi connectivity index (χ3v) is 25.0. The van der Waals surface area contributed by atoms with Crippen molar-refractivity contribution in [2.24, 2.45) is 0 Å². The molecular weight excluding hydrogens is 1510 g/mol. The van der Waals surface area contributed by atoms with Gasteiger partial charge >= 0.3 is 0 Å². The molecule has 26 rings (SSSR count). The quantitative estimate of drug-likeness (QED) is 0.135. The maximum atomic E-state index is 8.87. The van der Waals surface area contributed by atoms with Gasteiger partial charge in [-0.2, -0.15) is 0 Å². The maximum absolute atomic E-state index is 8.87. The molecule has 23 aromatic carbocycles.